The summed E-state index contributed by atoms with van der Waals surface area (Å²) in [7, 11) is 1.69. The summed E-state index contributed by atoms with van der Waals surface area (Å²) in [6, 6.07) is 13.5. The minimum absolute atomic E-state index is 0.169. The second-order valence-electron chi connectivity index (χ2n) is 5.76. The zero-order valence-electron chi connectivity index (χ0n) is 12.4. The first-order valence-corrected chi connectivity index (χ1v) is 7.32. The molecule has 0 heterocycles. The normalized spacial score (nSPS) is 20.7. The van der Waals surface area contributed by atoms with Gasteiger partial charge in [0, 0.05) is 6.04 Å². The first-order chi connectivity index (χ1) is 10.2. The Bertz CT molecular complexity index is 618. The first kappa shape index (κ1) is 13.9. The standard InChI is InChI=1S/C18H20FNO/c1-12-3-8-18(21-2)17(9-12)20-16-10-14(11-16)13-4-6-15(19)7-5-13/h3-9,14,16,20H,10-11H2,1-2H3. The topological polar surface area (TPSA) is 21.3 Å². The Morgan fingerprint density at radius 2 is 1.81 bits per heavy atom. The highest BCUT2D eigenvalue weighted by Crippen LogP contribution is 2.39. The summed E-state index contributed by atoms with van der Waals surface area (Å²) >= 11 is 0. The van der Waals surface area contributed by atoms with Crippen molar-refractivity contribution in [1.29, 1.82) is 0 Å². The molecule has 0 unspecified atom stereocenters. The predicted octanol–water partition coefficient (Wildman–Crippen LogP) is 4.50. The molecule has 0 spiro atoms. The highest BCUT2D eigenvalue weighted by atomic mass is 19.1. The number of rotatable bonds is 4. The van der Waals surface area contributed by atoms with Crippen molar-refractivity contribution in [3.05, 3.63) is 59.4 Å². The Morgan fingerprint density at radius 1 is 1.10 bits per heavy atom. The molecule has 1 saturated carbocycles. The van der Waals surface area contributed by atoms with Gasteiger partial charge in [0.05, 0.1) is 12.8 Å². The average Bonchev–Trinajstić information content (AvgIpc) is 2.44. The van der Waals surface area contributed by atoms with Gasteiger partial charge in [-0.05, 0) is 61.1 Å². The number of halogens is 1. The van der Waals surface area contributed by atoms with E-state index in [0.717, 1.165) is 24.3 Å². The van der Waals surface area contributed by atoms with Crippen LogP contribution in [-0.4, -0.2) is 13.2 Å². The summed E-state index contributed by atoms with van der Waals surface area (Å²) in [5, 5.41) is 3.55. The predicted molar refractivity (Wildman–Crippen MR) is 83.5 cm³/mol. The first-order valence-electron chi connectivity index (χ1n) is 7.32. The number of hydrogen-bond donors (Lipinski definition) is 1. The Balaban J connectivity index is 1.62. The van der Waals surface area contributed by atoms with Crippen molar-refractivity contribution < 1.29 is 9.13 Å². The van der Waals surface area contributed by atoms with Crippen molar-refractivity contribution in [2.45, 2.75) is 31.7 Å². The van der Waals surface area contributed by atoms with E-state index in [-0.39, 0.29) is 5.82 Å². The molecule has 3 rings (SSSR count). The number of methoxy groups -OCH3 is 1. The second kappa shape index (κ2) is 5.76. The molecule has 1 aliphatic rings. The Morgan fingerprint density at radius 3 is 2.48 bits per heavy atom. The maximum Gasteiger partial charge on any atom is 0.141 e. The molecule has 0 aromatic heterocycles. The van der Waals surface area contributed by atoms with Gasteiger partial charge in [0.25, 0.3) is 0 Å². The molecular weight excluding hydrogens is 265 g/mol. The third-order valence-electron chi connectivity index (χ3n) is 4.19. The van der Waals surface area contributed by atoms with Crippen LogP contribution < -0.4 is 10.1 Å². The summed E-state index contributed by atoms with van der Waals surface area (Å²) in [5.74, 6) is 1.24. The third kappa shape index (κ3) is 3.02. The average molecular weight is 285 g/mol. The molecule has 1 N–H and O–H groups in total. The van der Waals surface area contributed by atoms with E-state index in [1.165, 1.54) is 11.1 Å². The molecular formula is C18H20FNO. The lowest BCUT2D eigenvalue weighted by molar-refractivity contribution is 0.370. The van der Waals surface area contributed by atoms with E-state index in [1.807, 2.05) is 24.3 Å². The summed E-state index contributed by atoms with van der Waals surface area (Å²) in [4.78, 5) is 0. The van der Waals surface area contributed by atoms with Crippen LogP contribution in [0.3, 0.4) is 0 Å². The van der Waals surface area contributed by atoms with Crippen molar-refractivity contribution in [3.63, 3.8) is 0 Å². The number of ether oxygens (including phenoxy) is 1. The van der Waals surface area contributed by atoms with Gasteiger partial charge in [0.15, 0.2) is 0 Å². The SMILES string of the molecule is COc1ccc(C)cc1NC1CC(c2ccc(F)cc2)C1. The zero-order chi connectivity index (χ0) is 14.8. The van der Waals surface area contributed by atoms with Gasteiger partial charge < -0.3 is 10.1 Å². The zero-order valence-corrected chi connectivity index (χ0v) is 12.4. The molecule has 0 radical (unpaired) electrons. The number of anilines is 1. The molecule has 21 heavy (non-hydrogen) atoms. The van der Waals surface area contributed by atoms with Crippen molar-refractivity contribution in [2.75, 3.05) is 12.4 Å². The summed E-state index contributed by atoms with van der Waals surface area (Å²) in [6.07, 6.45) is 2.14. The van der Waals surface area contributed by atoms with Crippen LogP contribution in [0, 0.1) is 12.7 Å². The van der Waals surface area contributed by atoms with Crippen molar-refractivity contribution in [1.82, 2.24) is 0 Å². The summed E-state index contributed by atoms with van der Waals surface area (Å²) in [5.41, 5.74) is 3.50. The second-order valence-corrected chi connectivity index (χ2v) is 5.76. The van der Waals surface area contributed by atoms with Gasteiger partial charge in [-0.3, -0.25) is 0 Å². The highest BCUT2D eigenvalue weighted by Gasteiger charge is 2.30. The maximum atomic E-state index is 12.9. The van der Waals surface area contributed by atoms with Crippen LogP contribution in [0.15, 0.2) is 42.5 Å². The maximum absolute atomic E-state index is 12.9. The van der Waals surface area contributed by atoms with Crippen LogP contribution in [0.2, 0.25) is 0 Å². The van der Waals surface area contributed by atoms with E-state index >= 15 is 0 Å². The minimum Gasteiger partial charge on any atom is -0.495 e. The lowest BCUT2D eigenvalue weighted by atomic mass is 9.76. The van der Waals surface area contributed by atoms with Crippen LogP contribution in [-0.2, 0) is 0 Å². The lowest BCUT2D eigenvalue weighted by Crippen LogP contribution is -2.34. The van der Waals surface area contributed by atoms with E-state index in [9.17, 15) is 4.39 Å². The molecule has 1 aliphatic carbocycles. The van der Waals surface area contributed by atoms with Gasteiger partial charge in [-0.25, -0.2) is 4.39 Å². The molecule has 1 fully saturated rings. The highest BCUT2D eigenvalue weighted by molar-refractivity contribution is 5.59. The molecule has 0 amide bonds. The third-order valence-corrected chi connectivity index (χ3v) is 4.19. The van der Waals surface area contributed by atoms with Crippen LogP contribution >= 0.6 is 0 Å². The fourth-order valence-corrected chi connectivity index (χ4v) is 2.90. The molecule has 3 heteroatoms. The van der Waals surface area contributed by atoms with Crippen molar-refractivity contribution in [3.8, 4) is 5.75 Å². The van der Waals surface area contributed by atoms with Gasteiger partial charge in [0.1, 0.15) is 11.6 Å². The van der Waals surface area contributed by atoms with Crippen LogP contribution in [0.4, 0.5) is 10.1 Å². The molecule has 110 valence electrons. The quantitative estimate of drug-likeness (QED) is 0.893. The van der Waals surface area contributed by atoms with E-state index in [1.54, 1.807) is 19.2 Å². The molecule has 0 saturated heterocycles. The molecule has 2 aromatic rings. The number of benzene rings is 2. The van der Waals surface area contributed by atoms with Gasteiger partial charge in [0.2, 0.25) is 0 Å². The lowest BCUT2D eigenvalue weighted by Gasteiger charge is -2.37. The Kier molecular flexibility index (Phi) is 3.82. The van der Waals surface area contributed by atoms with Crippen molar-refractivity contribution >= 4 is 5.69 Å². The molecule has 2 aromatic carbocycles. The number of hydrogen-bond acceptors (Lipinski definition) is 2. The van der Waals surface area contributed by atoms with E-state index in [2.05, 4.69) is 18.3 Å². The van der Waals surface area contributed by atoms with Crippen LogP contribution in [0.1, 0.15) is 29.9 Å². The molecule has 0 aliphatic heterocycles. The van der Waals surface area contributed by atoms with Crippen LogP contribution in [0.5, 0.6) is 5.75 Å². The monoisotopic (exact) mass is 285 g/mol. The van der Waals surface area contributed by atoms with Gasteiger partial charge >= 0.3 is 0 Å². The molecule has 0 atom stereocenters. The van der Waals surface area contributed by atoms with Gasteiger partial charge in [-0.2, -0.15) is 0 Å². The van der Waals surface area contributed by atoms with Gasteiger partial charge in [-0.15, -0.1) is 0 Å². The summed E-state index contributed by atoms with van der Waals surface area (Å²) in [6.45, 7) is 2.08. The van der Waals surface area contributed by atoms with Crippen molar-refractivity contribution in [2.24, 2.45) is 0 Å². The van der Waals surface area contributed by atoms with Crippen LogP contribution in [0.25, 0.3) is 0 Å². The largest absolute Gasteiger partial charge is 0.495 e. The fourth-order valence-electron chi connectivity index (χ4n) is 2.90. The number of nitrogens with one attached hydrogen (secondary N) is 1. The molecule has 0 bridgehead atoms. The van der Waals surface area contributed by atoms with Gasteiger partial charge in [-0.1, -0.05) is 18.2 Å². The summed E-state index contributed by atoms with van der Waals surface area (Å²) < 4.78 is 18.3. The van der Waals surface area contributed by atoms with E-state index in [4.69, 9.17) is 4.74 Å². The number of aryl methyl sites for hydroxylation is 1. The minimum atomic E-state index is -0.169. The Labute approximate surface area is 125 Å². The fraction of sp³-hybridized carbons (Fsp3) is 0.333. The smallest absolute Gasteiger partial charge is 0.141 e. The van der Waals surface area contributed by atoms with E-state index < -0.39 is 0 Å². The van der Waals surface area contributed by atoms with E-state index in [0.29, 0.717) is 12.0 Å². The Hall–Kier alpha value is -2.03. The molecule has 2 nitrogen and oxygen atoms in total.